The highest BCUT2D eigenvalue weighted by atomic mass is 35.5. The summed E-state index contributed by atoms with van der Waals surface area (Å²) >= 11 is 5.87. The van der Waals surface area contributed by atoms with Gasteiger partial charge in [0.2, 0.25) is 5.91 Å². The van der Waals surface area contributed by atoms with Gasteiger partial charge in [0.1, 0.15) is 23.0 Å². The lowest BCUT2D eigenvalue weighted by Crippen LogP contribution is -2.24. The Bertz CT molecular complexity index is 1810. The molecule has 0 aliphatic rings. The topological polar surface area (TPSA) is 94.0 Å². The molecule has 0 aliphatic carbocycles. The van der Waals surface area contributed by atoms with Crippen LogP contribution in [0.1, 0.15) is 39.3 Å². The first-order chi connectivity index (χ1) is 21.1. The van der Waals surface area contributed by atoms with Crippen molar-refractivity contribution in [3.05, 3.63) is 102 Å². The van der Waals surface area contributed by atoms with Crippen molar-refractivity contribution in [2.75, 3.05) is 10.6 Å². The highest BCUT2D eigenvalue weighted by Gasteiger charge is 2.19. The van der Waals surface area contributed by atoms with E-state index >= 15 is 0 Å². The van der Waals surface area contributed by atoms with E-state index in [1.165, 1.54) is 18.2 Å². The van der Waals surface area contributed by atoms with Gasteiger partial charge in [0.05, 0.1) is 27.6 Å². The van der Waals surface area contributed by atoms with Crippen molar-refractivity contribution in [3.8, 4) is 17.1 Å². The van der Waals surface area contributed by atoms with Gasteiger partial charge in [-0.15, -0.1) is 5.10 Å². The predicted molar refractivity (Wildman–Crippen MR) is 174 cm³/mol. The second kappa shape index (κ2) is 13.3. The summed E-state index contributed by atoms with van der Waals surface area (Å²) in [5.41, 5.74) is 3.28. The minimum atomic E-state index is -0.539. The van der Waals surface area contributed by atoms with Crippen LogP contribution in [0.4, 0.5) is 21.5 Å². The molecular weight excluding hydrogens is 579 g/mol. The molecule has 0 atom stereocenters. The second-order valence-corrected chi connectivity index (χ2v) is 11.7. The summed E-state index contributed by atoms with van der Waals surface area (Å²) in [5, 5.41) is 15.5. The number of benzene rings is 3. The van der Waals surface area contributed by atoms with Crippen LogP contribution in [0.2, 0.25) is 5.02 Å². The molecule has 44 heavy (non-hydrogen) atoms. The first-order valence-electron chi connectivity index (χ1n) is 14.3. The Morgan fingerprint density at radius 3 is 2.64 bits per heavy atom. The number of nitrogens with zero attached hydrogens (tertiary/aromatic N) is 4. The van der Waals surface area contributed by atoms with E-state index < -0.39 is 11.4 Å². The van der Waals surface area contributed by atoms with E-state index in [9.17, 15) is 9.18 Å². The van der Waals surface area contributed by atoms with Crippen LogP contribution in [0.5, 0.6) is 5.75 Å². The fourth-order valence-corrected chi connectivity index (χ4v) is 4.81. The van der Waals surface area contributed by atoms with E-state index in [0.717, 1.165) is 24.4 Å². The molecule has 8 nitrogen and oxygen atoms in total. The van der Waals surface area contributed by atoms with Crippen molar-refractivity contribution in [2.45, 2.75) is 52.7 Å². The van der Waals surface area contributed by atoms with Crippen LogP contribution in [0.3, 0.4) is 0 Å². The lowest BCUT2D eigenvalue weighted by Gasteiger charge is -2.24. The first kappa shape index (κ1) is 30.7. The van der Waals surface area contributed by atoms with E-state index in [-0.39, 0.29) is 10.9 Å². The van der Waals surface area contributed by atoms with Gasteiger partial charge in [-0.2, -0.15) is 5.10 Å². The predicted octanol–water partition coefficient (Wildman–Crippen LogP) is 8.49. The quantitative estimate of drug-likeness (QED) is 0.121. The molecule has 0 saturated carbocycles. The zero-order valence-corrected chi connectivity index (χ0v) is 25.8. The van der Waals surface area contributed by atoms with E-state index in [2.05, 4.69) is 30.4 Å². The third-order valence-corrected chi connectivity index (χ3v) is 6.99. The van der Waals surface area contributed by atoms with Crippen LogP contribution in [0.15, 0.2) is 85.2 Å². The van der Waals surface area contributed by atoms with E-state index in [1.807, 2.05) is 63.4 Å². The van der Waals surface area contributed by atoms with Gasteiger partial charge < -0.3 is 19.9 Å². The van der Waals surface area contributed by atoms with Gasteiger partial charge in [-0.3, -0.25) is 4.79 Å². The fraction of sp³-hybridized carbons (Fsp3) is 0.235. The number of aromatic nitrogens is 4. The van der Waals surface area contributed by atoms with Gasteiger partial charge in [0.15, 0.2) is 0 Å². The molecule has 2 heterocycles. The number of fused-ring (bicyclic) bond motifs is 1. The summed E-state index contributed by atoms with van der Waals surface area (Å²) in [4.78, 5) is 17.5. The smallest absolute Gasteiger partial charge is 0.248 e. The van der Waals surface area contributed by atoms with Gasteiger partial charge in [-0.25, -0.2) is 9.37 Å². The Labute approximate surface area is 260 Å². The van der Waals surface area contributed by atoms with E-state index in [0.29, 0.717) is 45.8 Å². The van der Waals surface area contributed by atoms with E-state index in [1.54, 1.807) is 31.3 Å². The number of halogens is 2. The van der Waals surface area contributed by atoms with Crippen LogP contribution < -0.4 is 15.4 Å². The molecule has 1 amide bonds. The monoisotopic (exact) mass is 612 g/mol. The number of nitrogens with one attached hydrogen (secondary N) is 2. The Hall–Kier alpha value is -4.76. The zero-order valence-electron chi connectivity index (χ0n) is 25.1. The average molecular weight is 613 g/mol. The molecule has 5 aromatic rings. The number of carbonyl (C=O) groups is 1. The molecule has 10 heteroatoms. The van der Waals surface area contributed by atoms with Crippen molar-refractivity contribution >= 4 is 45.5 Å². The average Bonchev–Trinajstić information content (AvgIpc) is 3.45. The molecule has 0 aliphatic heterocycles. The van der Waals surface area contributed by atoms with Crippen molar-refractivity contribution in [1.29, 1.82) is 0 Å². The minimum Gasteiger partial charge on any atom is -0.486 e. The summed E-state index contributed by atoms with van der Waals surface area (Å²) in [6, 6.07) is 18.1. The number of rotatable bonds is 10. The number of carbonyl (C=O) groups excluding carboxylic acids is 1. The maximum atomic E-state index is 14.1. The highest BCUT2D eigenvalue weighted by molar-refractivity contribution is 6.30. The molecule has 2 N–H and O–H groups in total. The molecule has 3 aromatic carbocycles. The molecule has 0 bridgehead atoms. The lowest BCUT2D eigenvalue weighted by molar-refractivity contribution is -0.112. The molecule has 0 fully saturated rings. The number of unbranched alkanes of at least 4 members (excludes halogenated alkanes) is 1. The summed E-state index contributed by atoms with van der Waals surface area (Å²) in [6.07, 6.45) is 8.71. The molecule has 5 rings (SSSR count). The SMILES string of the molecule is Cc1nnc2cc(OC(C)(C)C)c(NC(=O)/C=C/CCCn3ccnc3-c3ccccc3)cc2c1Nc1ccc(Cl)c(F)c1. The molecule has 2 aromatic heterocycles. The Balaban J connectivity index is 1.33. The van der Waals surface area contributed by atoms with Crippen LogP contribution >= 0.6 is 11.6 Å². The third-order valence-electron chi connectivity index (χ3n) is 6.69. The standard InChI is InChI=1S/C34H34ClFN6O2/c1-22-32(38-24-14-15-26(35)27(36)19-24)25-20-29(30(44-34(2,3)4)21-28(25)41-40-22)39-31(43)13-9-6-10-17-42-18-16-37-33(42)23-11-7-5-8-12-23/h5,7-9,11-16,18-21H,6,10,17H2,1-4H3,(H,38,41)(H,39,43)/b13-9+. The van der Waals surface area contributed by atoms with Crippen molar-refractivity contribution in [3.63, 3.8) is 0 Å². The van der Waals surface area contributed by atoms with Gasteiger partial charge in [0, 0.05) is 41.6 Å². The molecule has 0 spiro atoms. The number of hydrogen-bond acceptors (Lipinski definition) is 6. The minimum absolute atomic E-state index is 0.0330. The van der Waals surface area contributed by atoms with Crippen LogP contribution in [0, 0.1) is 12.7 Å². The zero-order chi connectivity index (χ0) is 31.3. The van der Waals surface area contributed by atoms with Crippen LogP contribution in [-0.2, 0) is 11.3 Å². The summed E-state index contributed by atoms with van der Waals surface area (Å²) in [5.74, 6) is 0.554. The molecular formula is C34H34ClFN6O2. The molecule has 0 unspecified atom stereocenters. The van der Waals surface area contributed by atoms with Gasteiger partial charge in [-0.05, 0) is 70.9 Å². The Morgan fingerprint density at radius 2 is 1.89 bits per heavy atom. The summed E-state index contributed by atoms with van der Waals surface area (Å²) in [7, 11) is 0. The molecule has 0 radical (unpaired) electrons. The number of allylic oxidation sites excluding steroid dienone is 1. The van der Waals surface area contributed by atoms with Crippen molar-refractivity contribution in [1.82, 2.24) is 19.7 Å². The first-order valence-corrected chi connectivity index (χ1v) is 14.7. The van der Waals surface area contributed by atoms with Gasteiger partial charge in [0.25, 0.3) is 0 Å². The largest absolute Gasteiger partial charge is 0.486 e. The summed E-state index contributed by atoms with van der Waals surface area (Å²) in [6.45, 7) is 8.35. The van der Waals surface area contributed by atoms with E-state index in [4.69, 9.17) is 16.3 Å². The number of hydrogen-bond donors (Lipinski definition) is 2. The number of imidazole rings is 1. The maximum Gasteiger partial charge on any atom is 0.248 e. The Kier molecular flexibility index (Phi) is 9.25. The van der Waals surface area contributed by atoms with Crippen molar-refractivity contribution < 1.29 is 13.9 Å². The summed E-state index contributed by atoms with van der Waals surface area (Å²) < 4.78 is 22.5. The fourth-order valence-electron chi connectivity index (χ4n) is 4.70. The maximum absolute atomic E-state index is 14.1. The van der Waals surface area contributed by atoms with Gasteiger partial charge >= 0.3 is 0 Å². The molecule has 0 saturated heterocycles. The number of anilines is 3. The normalized spacial score (nSPS) is 11.7. The Morgan fingerprint density at radius 1 is 1.09 bits per heavy atom. The van der Waals surface area contributed by atoms with Crippen LogP contribution in [-0.4, -0.2) is 31.3 Å². The molecule has 226 valence electrons. The lowest BCUT2D eigenvalue weighted by atomic mass is 10.1. The number of amides is 1. The number of aryl methyl sites for hydroxylation is 2. The second-order valence-electron chi connectivity index (χ2n) is 11.3. The number of ether oxygens (including phenoxy) is 1. The van der Waals surface area contributed by atoms with Gasteiger partial charge in [-0.1, -0.05) is 48.0 Å². The van der Waals surface area contributed by atoms with Crippen LogP contribution in [0.25, 0.3) is 22.3 Å². The van der Waals surface area contributed by atoms with Crippen molar-refractivity contribution in [2.24, 2.45) is 0 Å². The highest BCUT2D eigenvalue weighted by Crippen LogP contribution is 2.37. The third kappa shape index (κ3) is 7.60.